The number of hydrogen-bond donors (Lipinski definition) is 0. The largest absolute Gasteiger partial charge is 0.337 e. The highest BCUT2D eigenvalue weighted by molar-refractivity contribution is 5.78. The molecule has 0 aromatic heterocycles. The van der Waals surface area contributed by atoms with Crippen LogP contribution >= 0.6 is 0 Å². The van der Waals surface area contributed by atoms with E-state index in [2.05, 4.69) is 29.0 Å². The molecule has 0 saturated carbocycles. The van der Waals surface area contributed by atoms with Gasteiger partial charge in [0.25, 0.3) is 0 Å². The van der Waals surface area contributed by atoms with Gasteiger partial charge in [-0.15, -0.1) is 0 Å². The predicted octanol–water partition coefficient (Wildman–Crippen LogP) is 2.51. The van der Waals surface area contributed by atoms with Crippen LogP contribution in [0.25, 0.3) is 0 Å². The van der Waals surface area contributed by atoms with Crippen molar-refractivity contribution in [2.45, 2.75) is 13.0 Å². The van der Waals surface area contributed by atoms with Crippen molar-refractivity contribution >= 4 is 5.91 Å². The van der Waals surface area contributed by atoms with E-state index in [1.165, 1.54) is 5.56 Å². The Morgan fingerprint density at radius 3 is 2.08 bits per heavy atom. The molecule has 1 aliphatic heterocycles. The summed E-state index contributed by atoms with van der Waals surface area (Å²) >= 11 is 0. The maximum Gasteiger partial charge on any atom is 0.227 e. The molecule has 1 heterocycles. The summed E-state index contributed by atoms with van der Waals surface area (Å²) in [6, 6.07) is 20.3. The van der Waals surface area contributed by atoms with Gasteiger partial charge in [0.1, 0.15) is 0 Å². The fourth-order valence-corrected chi connectivity index (χ4v) is 3.31. The molecule has 2 aromatic carbocycles. The molecule has 0 N–H and O–H groups in total. The molecule has 0 unspecified atom stereocenters. The first-order valence-electron chi connectivity index (χ1n) is 9.47. The Morgan fingerprint density at radius 1 is 0.885 bits per heavy atom. The second kappa shape index (κ2) is 9.51. The van der Waals surface area contributed by atoms with Crippen molar-refractivity contribution in [2.24, 2.45) is 0 Å². The first-order chi connectivity index (χ1) is 12.7. The van der Waals surface area contributed by atoms with Gasteiger partial charge in [0, 0.05) is 45.8 Å². The molecule has 0 spiro atoms. The van der Waals surface area contributed by atoms with Crippen LogP contribution in [0, 0.1) is 0 Å². The van der Waals surface area contributed by atoms with Crippen molar-refractivity contribution in [2.75, 3.05) is 46.3 Å². The van der Waals surface area contributed by atoms with Gasteiger partial charge in [-0.2, -0.15) is 0 Å². The standard InChI is InChI=1S/C22H29N3O/c1-23-12-14-24(15-13-23)16-17-25(19-21-10-6-3-7-11-21)22(26)18-20-8-4-2-5-9-20/h2-11H,12-19H2,1H3. The average molecular weight is 351 g/mol. The maximum atomic E-state index is 12.9. The van der Waals surface area contributed by atoms with Gasteiger partial charge in [0.2, 0.25) is 5.91 Å². The SMILES string of the molecule is CN1CCN(CCN(Cc2ccccc2)C(=O)Cc2ccccc2)CC1. The lowest BCUT2D eigenvalue weighted by Gasteiger charge is -2.34. The third kappa shape index (κ3) is 5.68. The van der Waals surface area contributed by atoms with Gasteiger partial charge in [0.05, 0.1) is 6.42 Å². The lowest BCUT2D eigenvalue weighted by molar-refractivity contribution is -0.131. The van der Waals surface area contributed by atoms with Crippen molar-refractivity contribution in [1.29, 1.82) is 0 Å². The number of carbonyl (C=O) groups is 1. The summed E-state index contributed by atoms with van der Waals surface area (Å²) in [5.74, 6) is 0.203. The molecule has 3 rings (SSSR count). The number of hydrogen-bond acceptors (Lipinski definition) is 3. The molecule has 2 aromatic rings. The third-order valence-corrected chi connectivity index (χ3v) is 5.05. The van der Waals surface area contributed by atoms with Gasteiger partial charge in [-0.1, -0.05) is 60.7 Å². The Bertz CT molecular complexity index is 666. The van der Waals surface area contributed by atoms with Gasteiger partial charge in [-0.3, -0.25) is 9.69 Å². The molecule has 4 heteroatoms. The van der Waals surface area contributed by atoms with Crippen molar-refractivity contribution in [3.05, 3.63) is 71.8 Å². The molecule has 1 aliphatic rings. The number of benzene rings is 2. The molecule has 4 nitrogen and oxygen atoms in total. The van der Waals surface area contributed by atoms with E-state index in [0.29, 0.717) is 13.0 Å². The topological polar surface area (TPSA) is 26.8 Å². The van der Waals surface area contributed by atoms with E-state index in [4.69, 9.17) is 0 Å². The molecule has 0 atom stereocenters. The van der Waals surface area contributed by atoms with E-state index in [1.807, 2.05) is 53.4 Å². The van der Waals surface area contributed by atoms with Crippen molar-refractivity contribution in [3.8, 4) is 0 Å². The summed E-state index contributed by atoms with van der Waals surface area (Å²) in [4.78, 5) is 19.8. The zero-order valence-corrected chi connectivity index (χ0v) is 15.7. The van der Waals surface area contributed by atoms with Crippen LogP contribution in [0.3, 0.4) is 0 Å². The minimum Gasteiger partial charge on any atom is -0.337 e. The summed E-state index contributed by atoms with van der Waals surface area (Å²) in [5, 5.41) is 0. The van der Waals surface area contributed by atoms with E-state index in [-0.39, 0.29) is 5.91 Å². The molecular formula is C22H29N3O. The van der Waals surface area contributed by atoms with Crippen LogP contribution in [0.5, 0.6) is 0 Å². The molecule has 1 fully saturated rings. The maximum absolute atomic E-state index is 12.9. The number of rotatable bonds is 7. The predicted molar refractivity (Wildman–Crippen MR) is 106 cm³/mol. The van der Waals surface area contributed by atoms with Crippen LogP contribution in [0.4, 0.5) is 0 Å². The Morgan fingerprint density at radius 2 is 1.46 bits per heavy atom. The van der Waals surface area contributed by atoms with Crippen LogP contribution in [-0.4, -0.2) is 66.9 Å². The molecule has 0 aliphatic carbocycles. The highest BCUT2D eigenvalue weighted by Crippen LogP contribution is 2.09. The summed E-state index contributed by atoms with van der Waals surface area (Å²) in [7, 11) is 2.17. The van der Waals surface area contributed by atoms with E-state index in [9.17, 15) is 4.79 Å². The Labute approximate surface area is 157 Å². The highest BCUT2D eigenvalue weighted by atomic mass is 16.2. The van der Waals surface area contributed by atoms with E-state index in [1.54, 1.807) is 0 Å². The highest BCUT2D eigenvalue weighted by Gasteiger charge is 2.18. The summed E-state index contributed by atoms with van der Waals surface area (Å²) in [6.07, 6.45) is 0.469. The van der Waals surface area contributed by atoms with Gasteiger partial charge in [-0.25, -0.2) is 0 Å². The first-order valence-corrected chi connectivity index (χ1v) is 9.47. The van der Waals surface area contributed by atoms with Crippen LogP contribution < -0.4 is 0 Å². The Kier molecular flexibility index (Phi) is 6.81. The van der Waals surface area contributed by atoms with Gasteiger partial charge in [-0.05, 0) is 18.2 Å². The van der Waals surface area contributed by atoms with Crippen molar-refractivity contribution < 1.29 is 4.79 Å². The number of carbonyl (C=O) groups excluding carboxylic acids is 1. The smallest absolute Gasteiger partial charge is 0.227 e. The van der Waals surface area contributed by atoms with Gasteiger partial charge < -0.3 is 9.80 Å². The minimum absolute atomic E-state index is 0.203. The fourth-order valence-electron chi connectivity index (χ4n) is 3.31. The summed E-state index contributed by atoms with van der Waals surface area (Å²) in [5.41, 5.74) is 2.27. The molecule has 138 valence electrons. The third-order valence-electron chi connectivity index (χ3n) is 5.05. The van der Waals surface area contributed by atoms with Gasteiger partial charge in [0.15, 0.2) is 0 Å². The van der Waals surface area contributed by atoms with Crippen molar-refractivity contribution in [3.63, 3.8) is 0 Å². The molecular weight excluding hydrogens is 322 g/mol. The average Bonchev–Trinajstić information content (AvgIpc) is 2.68. The van der Waals surface area contributed by atoms with Crippen LogP contribution in [0.2, 0.25) is 0 Å². The minimum atomic E-state index is 0.203. The monoisotopic (exact) mass is 351 g/mol. The number of nitrogens with zero attached hydrogens (tertiary/aromatic N) is 3. The fraction of sp³-hybridized carbons (Fsp3) is 0.409. The summed E-state index contributed by atoms with van der Waals surface area (Å²) in [6.45, 7) is 6.80. The normalized spacial score (nSPS) is 15.7. The first kappa shape index (κ1) is 18.6. The number of likely N-dealkylation sites (N-methyl/N-ethyl adjacent to an activating group) is 1. The summed E-state index contributed by atoms with van der Waals surface area (Å²) < 4.78 is 0. The quantitative estimate of drug-likeness (QED) is 0.767. The zero-order valence-electron chi connectivity index (χ0n) is 15.7. The van der Waals surface area contributed by atoms with Crippen molar-refractivity contribution in [1.82, 2.24) is 14.7 Å². The van der Waals surface area contributed by atoms with E-state index in [0.717, 1.165) is 44.8 Å². The lowest BCUT2D eigenvalue weighted by atomic mass is 10.1. The Hall–Kier alpha value is -2.17. The second-order valence-electron chi connectivity index (χ2n) is 7.11. The molecule has 0 radical (unpaired) electrons. The molecule has 26 heavy (non-hydrogen) atoms. The van der Waals surface area contributed by atoms with Crippen LogP contribution in [0.1, 0.15) is 11.1 Å². The van der Waals surface area contributed by atoms with Crippen LogP contribution in [-0.2, 0) is 17.8 Å². The number of amides is 1. The number of piperazine rings is 1. The van der Waals surface area contributed by atoms with E-state index < -0.39 is 0 Å². The lowest BCUT2D eigenvalue weighted by Crippen LogP contribution is -2.47. The molecule has 1 saturated heterocycles. The van der Waals surface area contributed by atoms with Crippen LogP contribution in [0.15, 0.2) is 60.7 Å². The van der Waals surface area contributed by atoms with E-state index >= 15 is 0 Å². The molecule has 1 amide bonds. The Balaban J connectivity index is 1.62. The zero-order chi connectivity index (χ0) is 18.2. The van der Waals surface area contributed by atoms with Gasteiger partial charge >= 0.3 is 0 Å². The second-order valence-corrected chi connectivity index (χ2v) is 7.11. The molecule has 0 bridgehead atoms.